The Bertz CT molecular complexity index is 580. The average molecular weight is 280 g/mol. The minimum Gasteiger partial charge on any atom is -0.356 e. The maximum absolute atomic E-state index is 11.8. The number of fused-ring (bicyclic) bond motifs is 1. The summed E-state index contributed by atoms with van der Waals surface area (Å²) in [6.45, 7) is 3.04. The van der Waals surface area contributed by atoms with Gasteiger partial charge >= 0.3 is 0 Å². The Morgan fingerprint density at radius 3 is 3.16 bits per heavy atom. The highest BCUT2D eigenvalue weighted by atomic mass is 35.5. The van der Waals surface area contributed by atoms with Crippen molar-refractivity contribution in [3.05, 3.63) is 40.4 Å². The lowest BCUT2D eigenvalue weighted by Gasteiger charge is -2.13. The number of aromatic nitrogens is 3. The highest BCUT2D eigenvalue weighted by Gasteiger charge is 2.13. The number of hydrogen-bond donors (Lipinski definition) is 3. The molecule has 0 aliphatic carbocycles. The number of aromatic amines is 1. The summed E-state index contributed by atoms with van der Waals surface area (Å²) < 4.78 is 1.98. The number of carbonyl (C=O) groups excluding carboxylic acids is 1. The van der Waals surface area contributed by atoms with Crippen LogP contribution in [-0.2, 0) is 19.6 Å². The number of halogens is 1. The van der Waals surface area contributed by atoms with Crippen molar-refractivity contribution in [3.63, 3.8) is 0 Å². The third-order valence-corrected chi connectivity index (χ3v) is 3.26. The lowest BCUT2D eigenvalue weighted by molar-refractivity contribution is 0.0946. The number of nitrogens with zero attached hydrogens (tertiary/aromatic N) is 2. The van der Waals surface area contributed by atoms with E-state index in [0.29, 0.717) is 17.3 Å². The van der Waals surface area contributed by atoms with Crippen molar-refractivity contribution in [2.75, 3.05) is 6.54 Å². The van der Waals surface area contributed by atoms with Gasteiger partial charge in [-0.25, -0.2) is 0 Å². The first kappa shape index (κ1) is 12.3. The molecule has 100 valence electrons. The van der Waals surface area contributed by atoms with Crippen LogP contribution >= 0.6 is 11.6 Å². The molecule has 0 saturated carbocycles. The van der Waals surface area contributed by atoms with Crippen LogP contribution in [0, 0.1) is 0 Å². The Hall–Kier alpha value is -1.79. The van der Waals surface area contributed by atoms with Crippen LogP contribution in [-0.4, -0.2) is 27.2 Å². The average Bonchev–Trinajstić information content (AvgIpc) is 3.01. The zero-order valence-corrected chi connectivity index (χ0v) is 11.0. The van der Waals surface area contributed by atoms with Gasteiger partial charge in [0, 0.05) is 19.3 Å². The maximum Gasteiger partial charge on any atom is 0.268 e. The van der Waals surface area contributed by atoms with Gasteiger partial charge < -0.3 is 15.6 Å². The highest BCUT2D eigenvalue weighted by molar-refractivity contribution is 6.30. The largest absolute Gasteiger partial charge is 0.356 e. The minimum absolute atomic E-state index is 0.184. The van der Waals surface area contributed by atoms with Crippen molar-refractivity contribution in [2.45, 2.75) is 19.6 Å². The van der Waals surface area contributed by atoms with Gasteiger partial charge in [-0.3, -0.25) is 9.48 Å². The van der Waals surface area contributed by atoms with Crippen LogP contribution in [0.4, 0.5) is 0 Å². The molecule has 0 aromatic carbocycles. The van der Waals surface area contributed by atoms with Crippen LogP contribution in [0.25, 0.3) is 0 Å². The maximum atomic E-state index is 11.8. The first-order valence-corrected chi connectivity index (χ1v) is 6.48. The Labute approximate surface area is 115 Å². The zero-order chi connectivity index (χ0) is 13.2. The van der Waals surface area contributed by atoms with E-state index >= 15 is 0 Å². The second-order valence-electron chi connectivity index (χ2n) is 4.44. The van der Waals surface area contributed by atoms with Gasteiger partial charge in [0.25, 0.3) is 5.91 Å². The van der Waals surface area contributed by atoms with Crippen molar-refractivity contribution in [3.8, 4) is 0 Å². The molecule has 0 atom stereocenters. The second-order valence-corrected chi connectivity index (χ2v) is 4.88. The van der Waals surface area contributed by atoms with Crippen molar-refractivity contribution < 1.29 is 4.79 Å². The van der Waals surface area contributed by atoms with E-state index in [0.717, 1.165) is 31.0 Å². The minimum atomic E-state index is -0.184. The van der Waals surface area contributed by atoms with Crippen molar-refractivity contribution in [1.29, 1.82) is 0 Å². The molecule has 0 spiro atoms. The first-order valence-electron chi connectivity index (χ1n) is 6.11. The fourth-order valence-electron chi connectivity index (χ4n) is 2.10. The number of H-pyrrole nitrogens is 1. The molecule has 7 heteroatoms. The fourth-order valence-corrected chi connectivity index (χ4v) is 2.27. The van der Waals surface area contributed by atoms with E-state index < -0.39 is 0 Å². The zero-order valence-electron chi connectivity index (χ0n) is 10.2. The smallest absolute Gasteiger partial charge is 0.268 e. The molecule has 1 aliphatic heterocycles. The molecule has 1 amide bonds. The van der Waals surface area contributed by atoms with Gasteiger partial charge in [0.05, 0.1) is 29.5 Å². The SMILES string of the molecule is O=C(NCc1cc2n(n1)CCNC2)c1cc(Cl)c[nH]1. The number of rotatable bonds is 3. The van der Waals surface area contributed by atoms with Gasteiger partial charge in [0.1, 0.15) is 5.69 Å². The van der Waals surface area contributed by atoms with E-state index in [2.05, 4.69) is 20.7 Å². The van der Waals surface area contributed by atoms with E-state index in [1.807, 2.05) is 10.7 Å². The summed E-state index contributed by atoms with van der Waals surface area (Å²) in [6, 6.07) is 3.60. The monoisotopic (exact) mass is 279 g/mol. The number of nitrogens with one attached hydrogen (secondary N) is 3. The van der Waals surface area contributed by atoms with Gasteiger partial charge in [0.15, 0.2) is 0 Å². The Morgan fingerprint density at radius 2 is 2.42 bits per heavy atom. The van der Waals surface area contributed by atoms with Crippen molar-refractivity contribution in [1.82, 2.24) is 25.4 Å². The first-order chi connectivity index (χ1) is 9.22. The third kappa shape index (κ3) is 2.64. The van der Waals surface area contributed by atoms with Gasteiger partial charge in [-0.1, -0.05) is 11.6 Å². The Balaban J connectivity index is 1.63. The summed E-state index contributed by atoms with van der Waals surface area (Å²) in [6.07, 6.45) is 1.58. The lowest BCUT2D eigenvalue weighted by Crippen LogP contribution is -2.28. The van der Waals surface area contributed by atoms with Gasteiger partial charge in [-0.15, -0.1) is 0 Å². The molecule has 0 bridgehead atoms. The molecule has 19 heavy (non-hydrogen) atoms. The molecule has 3 rings (SSSR count). The third-order valence-electron chi connectivity index (χ3n) is 3.04. The van der Waals surface area contributed by atoms with Gasteiger partial charge in [-0.2, -0.15) is 5.10 Å². The number of hydrogen-bond acceptors (Lipinski definition) is 3. The fraction of sp³-hybridized carbons (Fsp3) is 0.333. The van der Waals surface area contributed by atoms with Crippen LogP contribution in [0.2, 0.25) is 5.02 Å². The van der Waals surface area contributed by atoms with E-state index in [-0.39, 0.29) is 5.91 Å². The number of amides is 1. The molecule has 3 heterocycles. The molecular weight excluding hydrogens is 266 g/mol. The van der Waals surface area contributed by atoms with E-state index in [1.165, 1.54) is 0 Å². The second kappa shape index (κ2) is 5.07. The molecule has 0 fully saturated rings. The molecule has 1 aliphatic rings. The molecule has 2 aromatic heterocycles. The Morgan fingerprint density at radius 1 is 1.53 bits per heavy atom. The topological polar surface area (TPSA) is 74.7 Å². The molecule has 0 saturated heterocycles. The van der Waals surface area contributed by atoms with Crippen molar-refractivity contribution in [2.24, 2.45) is 0 Å². The predicted octanol–water partition coefficient (Wildman–Crippen LogP) is 0.898. The summed E-state index contributed by atoms with van der Waals surface area (Å²) in [5.41, 5.74) is 2.47. The standard InChI is InChI=1S/C12H14ClN5O/c13-8-3-11(15-5-8)12(19)16-6-9-4-10-7-14-1-2-18(10)17-9/h3-5,14-15H,1-2,6-7H2,(H,16,19). The van der Waals surface area contributed by atoms with E-state index in [9.17, 15) is 4.79 Å². The molecule has 2 aromatic rings. The summed E-state index contributed by atoms with van der Waals surface area (Å²) in [4.78, 5) is 14.6. The van der Waals surface area contributed by atoms with Gasteiger partial charge in [-0.05, 0) is 12.1 Å². The molecular formula is C12H14ClN5O. The van der Waals surface area contributed by atoms with Crippen LogP contribution < -0.4 is 10.6 Å². The van der Waals surface area contributed by atoms with Crippen LogP contribution in [0.1, 0.15) is 21.9 Å². The van der Waals surface area contributed by atoms with Crippen LogP contribution in [0.5, 0.6) is 0 Å². The summed E-state index contributed by atoms with van der Waals surface area (Å²) in [7, 11) is 0. The van der Waals surface area contributed by atoms with Crippen LogP contribution in [0.3, 0.4) is 0 Å². The highest BCUT2D eigenvalue weighted by Crippen LogP contribution is 2.10. The van der Waals surface area contributed by atoms with Gasteiger partial charge in [0.2, 0.25) is 0 Å². The normalized spacial score (nSPS) is 14.2. The quantitative estimate of drug-likeness (QED) is 0.781. The number of carbonyl (C=O) groups is 1. The van der Waals surface area contributed by atoms with E-state index in [1.54, 1.807) is 12.3 Å². The van der Waals surface area contributed by atoms with E-state index in [4.69, 9.17) is 11.6 Å². The summed E-state index contributed by atoms with van der Waals surface area (Å²) in [5.74, 6) is -0.184. The lowest BCUT2D eigenvalue weighted by atomic mass is 10.3. The van der Waals surface area contributed by atoms with Crippen molar-refractivity contribution >= 4 is 17.5 Å². The molecule has 6 nitrogen and oxygen atoms in total. The molecule has 3 N–H and O–H groups in total. The summed E-state index contributed by atoms with van der Waals surface area (Å²) in [5, 5.41) is 11.1. The predicted molar refractivity (Wildman–Crippen MR) is 70.9 cm³/mol. The Kier molecular flexibility index (Phi) is 3.27. The van der Waals surface area contributed by atoms with Crippen LogP contribution in [0.15, 0.2) is 18.3 Å². The molecule has 0 unspecified atom stereocenters. The summed E-state index contributed by atoms with van der Waals surface area (Å²) >= 11 is 5.76. The molecule has 0 radical (unpaired) electrons.